The van der Waals surface area contributed by atoms with Gasteiger partial charge in [0.25, 0.3) is 6.71 Å². The van der Waals surface area contributed by atoms with E-state index in [1.807, 2.05) is 0 Å². The van der Waals surface area contributed by atoms with Crippen LogP contribution in [0.4, 0.5) is 34.1 Å². The molecule has 3 aliphatic rings. The summed E-state index contributed by atoms with van der Waals surface area (Å²) in [6.45, 7) is 25.8. The minimum absolute atomic E-state index is 0.0170. The second kappa shape index (κ2) is 11.9. The molecular weight excluding hydrogens is 691 g/mol. The number of rotatable bonds is 2. The number of hydrogen-bond acceptors (Lipinski definition) is 3. The van der Waals surface area contributed by atoms with Crippen molar-refractivity contribution in [3.8, 4) is 0 Å². The van der Waals surface area contributed by atoms with Crippen molar-refractivity contribution in [2.45, 2.75) is 111 Å². The van der Waals surface area contributed by atoms with Crippen molar-refractivity contribution >= 4 is 79.2 Å². The Morgan fingerprint density at radius 3 is 1.88 bits per heavy atom. The zero-order valence-corrected chi connectivity index (χ0v) is 35.7. The van der Waals surface area contributed by atoms with Crippen LogP contribution >= 0.6 is 0 Å². The Hall–Kier alpha value is -5.22. The van der Waals surface area contributed by atoms with Crippen molar-refractivity contribution in [1.29, 1.82) is 0 Å². The highest BCUT2D eigenvalue weighted by Crippen LogP contribution is 2.52. The van der Waals surface area contributed by atoms with Crippen LogP contribution in [-0.4, -0.2) is 6.71 Å². The van der Waals surface area contributed by atoms with Gasteiger partial charge in [-0.1, -0.05) is 130 Å². The van der Waals surface area contributed by atoms with Gasteiger partial charge in [-0.2, -0.15) is 0 Å². The number of hydrogen-bond donors (Lipinski definition) is 0. The molecule has 0 N–H and O–H groups in total. The standard InChI is InChI=1S/C53H55BN2O/c1-32-27-44-47-45(28-32)56(42-18-14-16-33-15-12-13-17-37(33)42)48-38-29-35(51(5,6)7)21-24-46(38)57-49(48)54(47)41-30-39-40(53(10,11)26-25-52(39,8)9)31-43(41)55(44)36-22-19-34(20-23-36)50(2,3)4/h12-24,27-31H,25-26H2,1-11H3. The lowest BCUT2D eigenvalue weighted by atomic mass is 9.35. The highest BCUT2D eigenvalue weighted by atomic mass is 16.3. The molecule has 3 heterocycles. The van der Waals surface area contributed by atoms with Crippen LogP contribution in [0.2, 0.25) is 0 Å². The summed E-state index contributed by atoms with van der Waals surface area (Å²) in [5.74, 6) is 0. The lowest BCUT2D eigenvalue weighted by molar-refractivity contribution is 0.332. The van der Waals surface area contributed by atoms with Gasteiger partial charge in [0.1, 0.15) is 5.58 Å². The molecule has 286 valence electrons. The zero-order chi connectivity index (χ0) is 40.0. The Kier molecular flexibility index (Phi) is 7.56. The van der Waals surface area contributed by atoms with E-state index in [0.717, 1.165) is 23.4 Å². The number of benzene rings is 6. The molecule has 2 aliphatic heterocycles. The van der Waals surface area contributed by atoms with E-state index < -0.39 is 0 Å². The van der Waals surface area contributed by atoms with E-state index in [1.165, 1.54) is 89.8 Å². The quantitative estimate of drug-likeness (QED) is 0.164. The second-order valence-electron chi connectivity index (χ2n) is 20.6. The first-order valence-electron chi connectivity index (χ1n) is 21.0. The summed E-state index contributed by atoms with van der Waals surface area (Å²) in [7, 11) is 0. The molecule has 0 radical (unpaired) electrons. The summed E-state index contributed by atoms with van der Waals surface area (Å²) in [4.78, 5) is 5.13. The Morgan fingerprint density at radius 1 is 0.579 bits per heavy atom. The molecule has 7 aromatic rings. The lowest BCUT2D eigenvalue weighted by Crippen LogP contribution is -2.61. The largest absolute Gasteiger partial charge is 0.468 e. The van der Waals surface area contributed by atoms with Crippen molar-refractivity contribution in [3.05, 3.63) is 137 Å². The monoisotopic (exact) mass is 746 g/mol. The molecule has 57 heavy (non-hydrogen) atoms. The number of furan rings is 1. The number of nitrogens with zero attached hydrogens (tertiary/aromatic N) is 2. The highest BCUT2D eigenvalue weighted by molar-refractivity contribution is 7.00. The molecule has 0 saturated carbocycles. The van der Waals surface area contributed by atoms with Gasteiger partial charge in [0.2, 0.25) is 0 Å². The minimum Gasteiger partial charge on any atom is -0.468 e. The smallest absolute Gasteiger partial charge is 0.297 e. The Morgan fingerprint density at radius 2 is 1.19 bits per heavy atom. The van der Waals surface area contributed by atoms with Crippen LogP contribution in [0.5, 0.6) is 0 Å². The average Bonchev–Trinajstić information content (AvgIpc) is 3.54. The van der Waals surface area contributed by atoms with Crippen LogP contribution < -0.4 is 26.4 Å². The average molecular weight is 747 g/mol. The number of fused-ring (bicyclic) bond motifs is 8. The third kappa shape index (κ3) is 5.39. The van der Waals surface area contributed by atoms with Crippen molar-refractivity contribution < 1.29 is 4.42 Å². The molecule has 4 heteroatoms. The topological polar surface area (TPSA) is 19.6 Å². The van der Waals surface area contributed by atoms with Crippen molar-refractivity contribution in [1.82, 2.24) is 0 Å². The van der Waals surface area contributed by atoms with Gasteiger partial charge in [-0.15, -0.1) is 0 Å². The summed E-state index contributed by atoms with van der Waals surface area (Å²) < 4.78 is 7.33. The highest BCUT2D eigenvalue weighted by Gasteiger charge is 2.49. The fraction of sp³-hybridized carbons (Fsp3) is 0.321. The maximum atomic E-state index is 7.33. The Labute approximate surface area is 339 Å². The van der Waals surface area contributed by atoms with E-state index >= 15 is 0 Å². The molecule has 0 saturated heterocycles. The van der Waals surface area contributed by atoms with E-state index in [0.29, 0.717) is 0 Å². The fourth-order valence-electron chi connectivity index (χ4n) is 10.2. The molecular formula is C53H55BN2O. The van der Waals surface area contributed by atoms with Gasteiger partial charge in [-0.25, -0.2) is 0 Å². The normalized spacial score (nSPS) is 16.7. The number of aryl methyl sites for hydroxylation is 1. The predicted molar refractivity (Wildman–Crippen MR) is 245 cm³/mol. The maximum Gasteiger partial charge on any atom is 0.297 e. The molecule has 0 spiro atoms. The van der Waals surface area contributed by atoms with E-state index in [1.54, 1.807) is 0 Å². The third-order valence-electron chi connectivity index (χ3n) is 13.6. The second-order valence-corrected chi connectivity index (χ2v) is 20.6. The van der Waals surface area contributed by atoms with Crippen LogP contribution in [-0.2, 0) is 21.7 Å². The predicted octanol–water partition coefficient (Wildman–Crippen LogP) is 12.9. The van der Waals surface area contributed by atoms with E-state index in [9.17, 15) is 0 Å². The third-order valence-corrected chi connectivity index (χ3v) is 13.6. The first-order valence-corrected chi connectivity index (χ1v) is 21.0. The molecule has 0 atom stereocenters. The molecule has 10 rings (SSSR count). The van der Waals surface area contributed by atoms with Gasteiger partial charge in [0.05, 0.1) is 17.0 Å². The molecule has 1 aliphatic carbocycles. The Bertz CT molecular complexity index is 2780. The van der Waals surface area contributed by atoms with E-state index in [4.69, 9.17) is 4.42 Å². The van der Waals surface area contributed by atoms with Crippen molar-refractivity contribution in [2.24, 2.45) is 0 Å². The van der Waals surface area contributed by atoms with Crippen LogP contribution in [0.25, 0.3) is 21.7 Å². The first kappa shape index (κ1) is 36.1. The summed E-state index contributed by atoms with van der Waals surface area (Å²) in [5, 5.41) is 3.62. The number of anilines is 6. The molecule has 3 nitrogen and oxygen atoms in total. The fourth-order valence-corrected chi connectivity index (χ4v) is 10.2. The van der Waals surface area contributed by atoms with Gasteiger partial charge < -0.3 is 14.2 Å². The molecule has 0 unspecified atom stereocenters. The van der Waals surface area contributed by atoms with Crippen molar-refractivity contribution in [2.75, 3.05) is 9.80 Å². The van der Waals surface area contributed by atoms with Crippen LogP contribution in [0.3, 0.4) is 0 Å². The SMILES string of the molecule is Cc1cc2c3c(c1)N(c1cccc4ccccc14)c1c(oc4ccc(C(C)(C)C)cc14)B3c1cc3c(cc1N2c1ccc(C(C)(C)C)cc1)C(C)(C)CCC3(C)C. The minimum atomic E-state index is -0.0893. The van der Waals surface area contributed by atoms with E-state index in [2.05, 4.69) is 195 Å². The summed E-state index contributed by atoms with van der Waals surface area (Å²) in [6, 6.07) is 41.8. The van der Waals surface area contributed by atoms with Gasteiger partial charge in [0, 0.05) is 33.5 Å². The van der Waals surface area contributed by atoms with Gasteiger partial charge >= 0.3 is 0 Å². The molecule has 1 aromatic heterocycles. The van der Waals surface area contributed by atoms with Crippen LogP contribution in [0.15, 0.2) is 114 Å². The van der Waals surface area contributed by atoms with Gasteiger partial charge in [-0.05, 0) is 134 Å². The summed E-state index contributed by atoms with van der Waals surface area (Å²) >= 11 is 0. The van der Waals surface area contributed by atoms with Crippen LogP contribution in [0.1, 0.15) is 110 Å². The van der Waals surface area contributed by atoms with Crippen molar-refractivity contribution in [3.63, 3.8) is 0 Å². The zero-order valence-electron chi connectivity index (χ0n) is 35.7. The maximum absolute atomic E-state index is 7.33. The first-order chi connectivity index (χ1) is 26.9. The van der Waals surface area contributed by atoms with Crippen LogP contribution in [0, 0.1) is 6.92 Å². The summed E-state index contributed by atoms with van der Waals surface area (Å²) in [5.41, 5.74) is 18.8. The molecule has 0 bridgehead atoms. The lowest BCUT2D eigenvalue weighted by Gasteiger charge is -2.46. The Balaban J connectivity index is 1.35. The summed E-state index contributed by atoms with van der Waals surface area (Å²) in [6.07, 6.45) is 2.33. The van der Waals surface area contributed by atoms with E-state index in [-0.39, 0.29) is 28.4 Å². The molecule has 0 amide bonds. The molecule has 6 aromatic carbocycles. The molecule has 0 fully saturated rings. The van der Waals surface area contributed by atoms with Gasteiger partial charge in [-0.3, -0.25) is 0 Å². The van der Waals surface area contributed by atoms with Gasteiger partial charge in [0.15, 0.2) is 0 Å².